The van der Waals surface area contributed by atoms with Gasteiger partial charge < -0.3 is 5.73 Å². The lowest BCUT2D eigenvalue weighted by molar-refractivity contribution is 0.619. The molecule has 0 aromatic heterocycles. The van der Waals surface area contributed by atoms with E-state index in [1.807, 2.05) is 6.92 Å². The Morgan fingerprint density at radius 1 is 0.947 bits per heavy atom. The van der Waals surface area contributed by atoms with Crippen molar-refractivity contribution in [3.8, 4) is 0 Å². The highest BCUT2D eigenvalue weighted by molar-refractivity contribution is 5.28. The van der Waals surface area contributed by atoms with E-state index in [1.165, 1.54) is 24.3 Å². The third kappa shape index (κ3) is 3.86. The molecule has 1 nitrogen and oxygen atoms in total. The first-order valence-corrected chi connectivity index (χ1v) is 6.29. The van der Waals surface area contributed by atoms with Gasteiger partial charge in [-0.05, 0) is 60.7 Å². The van der Waals surface area contributed by atoms with Gasteiger partial charge in [0.15, 0.2) is 0 Å². The smallest absolute Gasteiger partial charge is 0.123 e. The summed E-state index contributed by atoms with van der Waals surface area (Å²) in [5.41, 5.74) is 9.07. The van der Waals surface area contributed by atoms with Crippen LogP contribution in [0.25, 0.3) is 0 Å². The van der Waals surface area contributed by atoms with Gasteiger partial charge in [-0.15, -0.1) is 0 Å². The minimum atomic E-state index is -0.244. The number of aryl methyl sites for hydroxylation is 1. The summed E-state index contributed by atoms with van der Waals surface area (Å²) in [6.45, 7) is 1.88. The number of hydrogen-bond donors (Lipinski definition) is 1. The van der Waals surface area contributed by atoms with Gasteiger partial charge in [-0.1, -0.05) is 18.2 Å². The van der Waals surface area contributed by atoms with E-state index in [1.54, 1.807) is 18.2 Å². The van der Waals surface area contributed by atoms with E-state index in [0.29, 0.717) is 12.8 Å². The molecule has 0 spiro atoms. The van der Waals surface area contributed by atoms with Crippen molar-refractivity contribution in [1.82, 2.24) is 0 Å². The van der Waals surface area contributed by atoms with Crippen LogP contribution in [-0.4, -0.2) is 6.04 Å². The molecule has 100 valence electrons. The van der Waals surface area contributed by atoms with Gasteiger partial charge in [-0.25, -0.2) is 8.78 Å². The fourth-order valence-corrected chi connectivity index (χ4v) is 2.17. The molecule has 0 bridgehead atoms. The number of hydrogen-bond acceptors (Lipinski definition) is 1. The molecule has 19 heavy (non-hydrogen) atoms. The molecule has 3 heteroatoms. The first-order valence-electron chi connectivity index (χ1n) is 6.29. The second-order valence-corrected chi connectivity index (χ2v) is 4.87. The molecular formula is C16H17F2N. The molecule has 2 aromatic carbocycles. The topological polar surface area (TPSA) is 26.0 Å². The zero-order valence-corrected chi connectivity index (χ0v) is 10.9. The molecule has 1 atom stereocenters. The molecule has 0 aliphatic heterocycles. The Balaban J connectivity index is 2.01. The average Bonchev–Trinajstić information content (AvgIpc) is 2.36. The zero-order chi connectivity index (χ0) is 13.8. The van der Waals surface area contributed by atoms with E-state index in [-0.39, 0.29) is 17.7 Å². The predicted octanol–water partition coefficient (Wildman–Crippen LogP) is 3.39. The molecule has 0 fully saturated rings. The summed E-state index contributed by atoms with van der Waals surface area (Å²) in [5.74, 6) is -0.472. The summed E-state index contributed by atoms with van der Waals surface area (Å²) >= 11 is 0. The van der Waals surface area contributed by atoms with Crippen LogP contribution in [0.2, 0.25) is 0 Å². The summed E-state index contributed by atoms with van der Waals surface area (Å²) in [5, 5.41) is 0. The van der Waals surface area contributed by atoms with Crippen LogP contribution in [0.1, 0.15) is 16.7 Å². The summed E-state index contributed by atoms with van der Waals surface area (Å²) < 4.78 is 25.8. The third-order valence-electron chi connectivity index (χ3n) is 3.20. The Morgan fingerprint density at radius 3 is 2.21 bits per heavy atom. The highest BCUT2D eigenvalue weighted by Gasteiger charge is 2.08. The lowest BCUT2D eigenvalue weighted by atomic mass is 9.97. The van der Waals surface area contributed by atoms with Gasteiger partial charge in [0.05, 0.1) is 0 Å². The molecule has 0 saturated heterocycles. The van der Waals surface area contributed by atoms with E-state index in [4.69, 9.17) is 5.73 Å². The summed E-state index contributed by atoms with van der Waals surface area (Å²) in [6.07, 6.45) is 1.36. The first kappa shape index (κ1) is 13.7. The lowest BCUT2D eigenvalue weighted by Crippen LogP contribution is -2.25. The highest BCUT2D eigenvalue weighted by atomic mass is 19.1. The van der Waals surface area contributed by atoms with Crippen molar-refractivity contribution >= 4 is 0 Å². The number of halogens is 2. The SMILES string of the molecule is Cc1cc(F)ccc1CC(N)Cc1ccc(F)cc1. The van der Waals surface area contributed by atoms with Crippen LogP contribution in [0, 0.1) is 18.6 Å². The quantitative estimate of drug-likeness (QED) is 0.897. The largest absolute Gasteiger partial charge is 0.327 e. The van der Waals surface area contributed by atoms with E-state index in [2.05, 4.69) is 0 Å². The van der Waals surface area contributed by atoms with Crippen LogP contribution in [0.15, 0.2) is 42.5 Å². The standard InChI is InChI=1S/C16H17F2N/c1-11-8-15(18)7-4-13(11)10-16(19)9-12-2-5-14(17)6-3-12/h2-8,16H,9-10,19H2,1H3. The van der Waals surface area contributed by atoms with Crippen LogP contribution >= 0.6 is 0 Å². The summed E-state index contributed by atoms with van der Waals surface area (Å²) in [4.78, 5) is 0. The van der Waals surface area contributed by atoms with Crippen LogP contribution < -0.4 is 5.73 Å². The van der Waals surface area contributed by atoms with Gasteiger partial charge in [0.25, 0.3) is 0 Å². The van der Waals surface area contributed by atoms with Gasteiger partial charge in [0, 0.05) is 6.04 Å². The Labute approximate surface area is 112 Å². The molecule has 0 aliphatic carbocycles. The van der Waals surface area contributed by atoms with Crippen LogP contribution in [-0.2, 0) is 12.8 Å². The molecule has 0 saturated carbocycles. The highest BCUT2D eigenvalue weighted by Crippen LogP contribution is 2.14. The maximum absolute atomic E-state index is 13.0. The number of nitrogens with two attached hydrogens (primary N) is 1. The van der Waals surface area contributed by atoms with Crippen LogP contribution in [0.3, 0.4) is 0 Å². The molecule has 2 N–H and O–H groups in total. The number of rotatable bonds is 4. The van der Waals surface area contributed by atoms with E-state index in [0.717, 1.165) is 16.7 Å². The van der Waals surface area contributed by atoms with Gasteiger partial charge >= 0.3 is 0 Å². The van der Waals surface area contributed by atoms with E-state index in [9.17, 15) is 8.78 Å². The summed E-state index contributed by atoms with van der Waals surface area (Å²) in [6, 6.07) is 11.0. The Morgan fingerprint density at radius 2 is 1.58 bits per heavy atom. The molecular weight excluding hydrogens is 244 g/mol. The zero-order valence-electron chi connectivity index (χ0n) is 10.9. The molecule has 0 heterocycles. The fourth-order valence-electron chi connectivity index (χ4n) is 2.17. The van der Waals surface area contributed by atoms with Crippen molar-refractivity contribution in [3.63, 3.8) is 0 Å². The number of benzene rings is 2. The Hall–Kier alpha value is -1.74. The maximum atomic E-state index is 13.0. The lowest BCUT2D eigenvalue weighted by Gasteiger charge is -2.13. The molecule has 0 radical (unpaired) electrons. The molecule has 0 aliphatic rings. The molecule has 2 rings (SSSR count). The molecule has 2 aromatic rings. The summed E-state index contributed by atoms with van der Waals surface area (Å²) in [7, 11) is 0. The van der Waals surface area contributed by atoms with Crippen molar-refractivity contribution in [1.29, 1.82) is 0 Å². The first-order chi connectivity index (χ1) is 9.04. The van der Waals surface area contributed by atoms with E-state index < -0.39 is 0 Å². The van der Waals surface area contributed by atoms with Crippen molar-refractivity contribution in [2.24, 2.45) is 5.73 Å². The Bertz CT molecular complexity index is 549. The van der Waals surface area contributed by atoms with Gasteiger partial charge in [-0.3, -0.25) is 0 Å². The second kappa shape index (κ2) is 5.93. The van der Waals surface area contributed by atoms with Crippen LogP contribution in [0.5, 0.6) is 0 Å². The van der Waals surface area contributed by atoms with Crippen molar-refractivity contribution < 1.29 is 8.78 Å². The molecule has 0 amide bonds. The van der Waals surface area contributed by atoms with Crippen LogP contribution in [0.4, 0.5) is 8.78 Å². The minimum absolute atomic E-state index is 0.0605. The minimum Gasteiger partial charge on any atom is -0.327 e. The van der Waals surface area contributed by atoms with Gasteiger partial charge in [0.1, 0.15) is 11.6 Å². The van der Waals surface area contributed by atoms with Crippen molar-refractivity contribution in [2.45, 2.75) is 25.8 Å². The third-order valence-corrected chi connectivity index (χ3v) is 3.20. The van der Waals surface area contributed by atoms with Crippen molar-refractivity contribution in [2.75, 3.05) is 0 Å². The maximum Gasteiger partial charge on any atom is 0.123 e. The average molecular weight is 261 g/mol. The van der Waals surface area contributed by atoms with Gasteiger partial charge in [0.2, 0.25) is 0 Å². The van der Waals surface area contributed by atoms with E-state index >= 15 is 0 Å². The fraction of sp³-hybridized carbons (Fsp3) is 0.250. The normalized spacial score (nSPS) is 12.4. The Kier molecular flexibility index (Phi) is 4.27. The van der Waals surface area contributed by atoms with Crippen molar-refractivity contribution in [3.05, 3.63) is 70.8 Å². The predicted molar refractivity (Wildman–Crippen MR) is 72.9 cm³/mol. The van der Waals surface area contributed by atoms with Gasteiger partial charge in [-0.2, -0.15) is 0 Å². The molecule has 1 unspecified atom stereocenters. The second-order valence-electron chi connectivity index (χ2n) is 4.87. The monoisotopic (exact) mass is 261 g/mol.